The molecular formula is C57H74N10O10S. The number of likely N-dealkylation sites (tertiary alicyclic amines) is 1. The highest BCUT2D eigenvalue weighted by Gasteiger charge is 2.44. The number of ether oxygens (including phenoxy) is 3. The van der Waals surface area contributed by atoms with Crippen molar-refractivity contribution in [1.82, 2.24) is 39.6 Å². The van der Waals surface area contributed by atoms with E-state index in [0.29, 0.717) is 74.4 Å². The van der Waals surface area contributed by atoms with Gasteiger partial charge in [0.25, 0.3) is 5.56 Å². The molecule has 1 aromatic carbocycles. The van der Waals surface area contributed by atoms with Crippen LogP contribution in [-0.4, -0.2) is 153 Å². The van der Waals surface area contributed by atoms with Crippen LogP contribution in [0, 0.1) is 25.2 Å². The number of nitrogens with zero attached hydrogens (tertiary/aromatic N) is 8. The van der Waals surface area contributed by atoms with Crippen molar-refractivity contribution in [3.05, 3.63) is 87.0 Å². The predicted molar refractivity (Wildman–Crippen MR) is 297 cm³/mol. The Bertz CT molecular complexity index is 2960. The van der Waals surface area contributed by atoms with Crippen LogP contribution >= 0.6 is 11.3 Å². The Kier molecular flexibility index (Phi) is 19.5. The van der Waals surface area contributed by atoms with E-state index in [4.69, 9.17) is 19.2 Å². The second-order valence-corrected chi connectivity index (χ2v) is 22.4. The summed E-state index contributed by atoms with van der Waals surface area (Å²) in [6.07, 6.45) is 6.83. The fourth-order valence-electron chi connectivity index (χ4n) is 10.6. The van der Waals surface area contributed by atoms with Crippen LogP contribution in [0.4, 0.5) is 17.5 Å². The van der Waals surface area contributed by atoms with Gasteiger partial charge in [0.15, 0.2) is 5.78 Å². The average molecular weight is 1090 g/mol. The van der Waals surface area contributed by atoms with Gasteiger partial charge in [-0.2, -0.15) is 4.98 Å². The highest BCUT2D eigenvalue weighted by atomic mass is 32.1. The van der Waals surface area contributed by atoms with Crippen molar-refractivity contribution >= 4 is 69.1 Å². The third kappa shape index (κ3) is 14.4. The number of aryl methyl sites for hydroxylation is 2. The molecule has 3 atom stereocenters. The van der Waals surface area contributed by atoms with Gasteiger partial charge in [-0.3, -0.25) is 33.3 Å². The highest BCUT2D eigenvalue weighted by molar-refractivity contribution is 7.13. The maximum atomic E-state index is 14.0. The van der Waals surface area contributed by atoms with Crippen molar-refractivity contribution in [2.45, 2.75) is 118 Å². The molecule has 418 valence electrons. The lowest BCUT2D eigenvalue weighted by Gasteiger charge is -2.36. The number of β-amino-alcohol motifs (C(OH)–C–C–N with tert-alkyl or cyclic N) is 1. The number of Topliss-reactive ketones (excluding diaryl/α,β-unsaturated/α-hetero) is 2. The van der Waals surface area contributed by atoms with Gasteiger partial charge in [0.2, 0.25) is 23.7 Å². The minimum atomic E-state index is -0.848. The molecule has 0 unspecified atom stereocenters. The fraction of sp³-hybridized carbons (Fsp3) is 0.544. The number of carbonyl (C=O) groups is 5. The van der Waals surface area contributed by atoms with Gasteiger partial charge in [-0.1, -0.05) is 57.9 Å². The first-order valence-corrected chi connectivity index (χ1v) is 28.0. The maximum Gasteiger partial charge on any atom is 0.263 e. The molecule has 4 aromatic heterocycles. The first-order valence-electron chi connectivity index (χ1n) is 27.2. The molecule has 3 fully saturated rings. The van der Waals surface area contributed by atoms with Gasteiger partial charge in [-0.25, -0.2) is 15.0 Å². The number of anilines is 3. The second-order valence-electron chi connectivity index (χ2n) is 21.6. The number of aliphatic hydroxyl groups excluding tert-OH is 1. The normalized spacial score (nSPS) is 17.4. The number of aromatic nitrogens is 5. The van der Waals surface area contributed by atoms with Gasteiger partial charge in [0, 0.05) is 82.1 Å². The molecular weight excluding hydrogens is 1020 g/mol. The van der Waals surface area contributed by atoms with E-state index < -0.39 is 23.5 Å². The van der Waals surface area contributed by atoms with E-state index >= 15 is 0 Å². The number of benzene rings is 1. The van der Waals surface area contributed by atoms with Crippen LogP contribution in [0.2, 0.25) is 0 Å². The van der Waals surface area contributed by atoms with E-state index in [1.165, 1.54) is 11.8 Å². The smallest absolute Gasteiger partial charge is 0.263 e. The van der Waals surface area contributed by atoms with Gasteiger partial charge in [0.1, 0.15) is 23.3 Å². The molecule has 3 N–H and O–H groups in total. The standard InChI is InChI=1S/C57H74N10O10S/c1-36-45-33-60-56(63-52(45)67(41-9-7-8-10-41)55(74)50(36)38(3)68)62-48-16-15-42(32-58-48)64-19-21-65(22-20-64)49(71)18-24-76-26-28-77-27-25-75-23-17-43(69)29-46(57(4,5)6)54(73)66-34-44(70)30-47(66)53(72)59-31-39-11-13-40(14-12-39)51-37(2)61-35-78-51/h11-16,32-33,35,41,44,46-47,70H,7-10,17-31,34H2,1-6H3,(H,59,72)(H,58,60,62,63)/t44-,46-,47+/m1/s1. The summed E-state index contributed by atoms with van der Waals surface area (Å²) < 4.78 is 18.7. The summed E-state index contributed by atoms with van der Waals surface area (Å²) in [6.45, 7) is 15.2. The molecule has 20 nitrogen and oxygen atoms in total. The van der Waals surface area contributed by atoms with E-state index in [9.17, 15) is 33.9 Å². The number of ketones is 2. The molecule has 3 amide bonds. The number of piperazine rings is 1. The van der Waals surface area contributed by atoms with Crippen LogP contribution in [0.15, 0.2) is 59.1 Å². The van der Waals surface area contributed by atoms with Gasteiger partial charge < -0.3 is 44.7 Å². The number of pyridine rings is 2. The van der Waals surface area contributed by atoms with Crippen molar-refractivity contribution < 1.29 is 43.3 Å². The summed E-state index contributed by atoms with van der Waals surface area (Å²) in [6, 6.07) is 10.8. The Labute approximate surface area is 459 Å². The quantitative estimate of drug-likeness (QED) is 0.0450. The number of thiazole rings is 1. The zero-order valence-corrected chi connectivity index (χ0v) is 46.6. The zero-order chi connectivity index (χ0) is 55.5. The van der Waals surface area contributed by atoms with Crippen molar-refractivity contribution in [3.63, 3.8) is 0 Å². The Morgan fingerprint density at radius 1 is 0.846 bits per heavy atom. The zero-order valence-electron chi connectivity index (χ0n) is 45.8. The number of carbonyl (C=O) groups excluding carboxylic acids is 5. The van der Waals surface area contributed by atoms with Gasteiger partial charge in [-0.05, 0) is 67.9 Å². The van der Waals surface area contributed by atoms with E-state index in [2.05, 4.69) is 30.5 Å². The number of rotatable bonds is 24. The number of hydrogen-bond acceptors (Lipinski definition) is 17. The first-order chi connectivity index (χ1) is 37.5. The Morgan fingerprint density at radius 2 is 1.53 bits per heavy atom. The molecule has 6 heterocycles. The Balaban J connectivity index is 0.679. The first kappa shape index (κ1) is 57.6. The summed E-state index contributed by atoms with van der Waals surface area (Å²) >= 11 is 1.57. The number of amides is 3. The molecule has 1 saturated carbocycles. The average Bonchev–Trinajstić information content (AvgIpc) is 4.25. The van der Waals surface area contributed by atoms with Crippen LogP contribution in [0.25, 0.3) is 21.5 Å². The molecule has 21 heteroatoms. The van der Waals surface area contributed by atoms with E-state index in [0.717, 1.165) is 53.1 Å². The highest BCUT2D eigenvalue weighted by Crippen LogP contribution is 2.35. The van der Waals surface area contributed by atoms with Crippen LogP contribution in [0.3, 0.4) is 0 Å². The van der Waals surface area contributed by atoms with Crippen molar-refractivity contribution in [2.24, 2.45) is 11.3 Å². The SMILES string of the molecule is CC(=O)c1c(C)c2cnc(Nc3ccc(N4CCN(C(=O)CCOCCOCCOCCC(=O)C[C@H](C(=O)N5C[C@H](O)C[C@H]5C(=O)NCc5ccc(-c6scnc6C)cc5)C(C)(C)C)CC4)cn3)nc2n(C2CCCC2)c1=O. The number of nitrogens with one attached hydrogen (secondary N) is 2. The molecule has 78 heavy (non-hydrogen) atoms. The number of hydrogen-bond donors (Lipinski definition) is 3. The predicted octanol–water partition coefficient (Wildman–Crippen LogP) is 6.37. The molecule has 5 aromatic rings. The Hall–Kier alpha value is -6.52. The summed E-state index contributed by atoms with van der Waals surface area (Å²) in [5.74, 6) is -0.892. The third-order valence-electron chi connectivity index (χ3n) is 15.0. The van der Waals surface area contributed by atoms with Gasteiger partial charge in [0.05, 0.1) is 85.7 Å². The molecule has 2 aliphatic heterocycles. The minimum Gasteiger partial charge on any atom is -0.391 e. The molecule has 0 bridgehead atoms. The number of aliphatic hydroxyl groups is 1. The van der Waals surface area contributed by atoms with E-state index in [1.807, 2.05) is 74.5 Å². The summed E-state index contributed by atoms with van der Waals surface area (Å²) in [5.41, 5.74) is 6.07. The van der Waals surface area contributed by atoms with E-state index in [-0.39, 0.29) is 105 Å². The Morgan fingerprint density at radius 3 is 2.15 bits per heavy atom. The topological polar surface area (TPSA) is 241 Å². The van der Waals surface area contributed by atoms with Gasteiger partial charge in [-0.15, -0.1) is 11.3 Å². The van der Waals surface area contributed by atoms with Crippen LogP contribution < -0.4 is 21.1 Å². The third-order valence-corrected chi connectivity index (χ3v) is 16.0. The van der Waals surface area contributed by atoms with Crippen LogP contribution in [0.1, 0.15) is 112 Å². The lowest BCUT2D eigenvalue weighted by Crippen LogP contribution is -2.50. The van der Waals surface area contributed by atoms with Crippen molar-refractivity contribution in [1.29, 1.82) is 0 Å². The maximum absolute atomic E-state index is 14.0. The molecule has 3 aliphatic rings. The summed E-state index contributed by atoms with van der Waals surface area (Å²) in [4.78, 5) is 105. The molecule has 0 radical (unpaired) electrons. The van der Waals surface area contributed by atoms with Crippen LogP contribution in [0.5, 0.6) is 0 Å². The molecule has 0 spiro atoms. The van der Waals surface area contributed by atoms with Crippen molar-refractivity contribution in [2.75, 3.05) is 82.6 Å². The summed E-state index contributed by atoms with van der Waals surface area (Å²) in [7, 11) is 0. The minimum absolute atomic E-state index is 0.0121. The lowest BCUT2D eigenvalue weighted by molar-refractivity contribution is -0.146. The van der Waals surface area contributed by atoms with Crippen molar-refractivity contribution in [3.8, 4) is 10.4 Å². The number of fused-ring (bicyclic) bond motifs is 1. The lowest BCUT2D eigenvalue weighted by atomic mass is 9.76. The molecule has 2 saturated heterocycles. The molecule has 1 aliphatic carbocycles. The second kappa shape index (κ2) is 26.4. The summed E-state index contributed by atoms with van der Waals surface area (Å²) in [5, 5.41) is 17.4. The fourth-order valence-corrected chi connectivity index (χ4v) is 11.4. The molecule has 8 rings (SSSR count). The monoisotopic (exact) mass is 1090 g/mol. The van der Waals surface area contributed by atoms with E-state index in [1.54, 1.807) is 35.2 Å². The van der Waals surface area contributed by atoms with Gasteiger partial charge >= 0.3 is 0 Å². The van der Waals surface area contributed by atoms with Crippen LogP contribution in [-0.2, 0) is 39.9 Å². The largest absolute Gasteiger partial charge is 0.391 e.